The van der Waals surface area contributed by atoms with Crippen molar-refractivity contribution in [1.82, 2.24) is 4.90 Å². The molecule has 0 spiro atoms. The Bertz CT molecular complexity index is 639. The van der Waals surface area contributed by atoms with Crippen LogP contribution in [-0.2, 0) is 16.0 Å². The van der Waals surface area contributed by atoms with Crippen LogP contribution in [0.1, 0.15) is 36.2 Å². The highest BCUT2D eigenvalue weighted by Crippen LogP contribution is 2.38. The van der Waals surface area contributed by atoms with Crippen molar-refractivity contribution in [3.05, 3.63) is 35.9 Å². The maximum Gasteiger partial charge on any atom is 0.231 e. The Morgan fingerprint density at radius 2 is 1.96 bits per heavy atom. The Labute approximate surface area is 148 Å². The molecule has 6 nitrogen and oxygen atoms in total. The number of ketones is 1. The third-order valence-corrected chi connectivity index (χ3v) is 4.46. The molecule has 2 aliphatic rings. The molecule has 2 heterocycles. The van der Waals surface area contributed by atoms with Gasteiger partial charge in [-0.1, -0.05) is 6.08 Å². The molecule has 0 saturated carbocycles. The minimum atomic E-state index is -0.356. The van der Waals surface area contributed by atoms with E-state index < -0.39 is 0 Å². The molecule has 25 heavy (non-hydrogen) atoms. The number of benzene rings is 1. The lowest BCUT2D eigenvalue weighted by Gasteiger charge is -2.37. The van der Waals surface area contributed by atoms with Crippen LogP contribution in [0.5, 0.6) is 11.5 Å². The summed E-state index contributed by atoms with van der Waals surface area (Å²) in [5.41, 5.74) is 1.65. The fraction of sp³-hybridized carbons (Fsp3) is 0.526. The number of hydrogen-bond donors (Lipinski definition) is 0. The van der Waals surface area contributed by atoms with Crippen LogP contribution in [0.15, 0.2) is 24.8 Å². The molecule has 0 fully saturated rings. The first-order valence-corrected chi connectivity index (χ1v) is 8.72. The van der Waals surface area contributed by atoms with Crippen molar-refractivity contribution >= 4 is 5.78 Å². The molecule has 136 valence electrons. The second kappa shape index (κ2) is 7.99. The summed E-state index contributed by atoms with van der Waals surface area (Å²) in [7, 11) is 0. The summed E-state index contributed by atoms with van der Waals surface area (Å²) < 4.78 is 22.2. The average molecular weight is 347 g/mol. The van der Waals surface area contributed by atoms with Gasteiger partial charge in [0.25, 0.3) is 0 Å². The van der Waals surface area contributed by atoms with Gasteiger partial charge in [0, 0.05) is 25.3 Å². The maximum atomic E-state index is 13.0. The van der Waals surface area contributed by atoms with Crippen molar-refractivity contribution in [3.63, 3.8) is 0 Å². The van der Waals surface area contributed by atoms with Crippen molar-refractivity contribution in [2.75, 3.05) is 26.6 Å². The predicted molar refractivity (Wildman–Crippen MR) is 92.9 cm³/mol. The van der Waals surface area contributed by atoms with E-state index in [-0.39, 0.29) is 24.9 Å². The number of ether oxygens (including phenoxy) is 4. The molecule has 0 N–H and O–H groups in total. The van der Waals surface area contributed by atoms with Gasteiger partial charge in [0.2, 0.25) is 6.79 Å². The smallest absolute Gasteiger partial charge is 0.231 e. The van der Waals surface area contributed by atoms with Crippen LogP contribution in [0.3, 0.4) is 0 Å². The predicted octanol–water partition coefficient (Wildman–Crippen LogP) is 2.76. The molecule has 1 aromatic rings. The number of carbonyl (C=O) groups is 1. The van der Waals surface area contributed by atoms with Crippen LogP contribution in [0, 0.1) is 0 Å². The topological polar surface area (TPSA) is 57.2 Å². The summed E-state index contributed by atoms with van der Waals surface area (Å²) in [5, 5.41) is 0. The highest BCUT2D eigenvalue weighted by molar-refractivity contribution is 6.03. The van der Waals surface area contributed by atoms with E-state index in [1.54, 1.807) is 12.1 Å². The van der Waals surface area contributed by atoms with Crippen molar-refractivity contribution in [1.29, 1.82) is 0 Å². The number of Topliss-reactive ketones (excluding diaryl/α,β-unsaturated/α-hetero) is 1. The zero-order chi connectivity index (χ0) is 17.8. The molecule has 0 amide bonds. The highest BCUT2D eigenvalue weighted by Gasteiger charge is 2.35. The second-order valence-electron chi connectivity index (χ2n) is 6.04. The molecule has 0 aromatic heterocycles. The Morgan fingerprint density at radius 1 is 1.28 bits per heavy atom. The third-order valence-electron chi connectivity index (χ3n) is 4.46. The average Bonchev–Trinajstić information content (AvgIpc) is 3.05. The van der Waals surface area contributed by atoms with Crippen LogP contribution in [0.4, 0.5) is 0 Å². The molecule has 2 aliphatic heterocycles. The molecule has 1 atom stereocenters. The Morgan fingerprint density at radius 3 is 2.60 bits per heavy atom. The van der Waals surface area contributed by atoms with Crippen molar-refractivity contribution in [2.45, 2.75) is 39.1 Å². The van der Waals surface area contributed by atoms with Crippen molar-refractivity contribution in [3.8, 4) is 11.5 Å². The van der Waals surface area contributed by atoms with Gasteiger partial charge in [-0.3, -0.25) is 9.69 Å². The van der Waals surface area contributed by atoms with E-state index in [1.165, 1.54) is 0 Å². The molecule has 0 aliphatic carbocycles. The lowest BCUT2D eigenvalue weighted by atomic mass is 9.90. The summed E-state index contributed by atoms with van der Waals surface area (Å²) in [5.74, 6) is 1.41. The summed E-state index contributed by atoms with van der Waals surface area (Å²) in [6.45, 7) is 10.2. The van der Waals surface area contributed by atoms with E-state index in [0.717, 1.165) is 5.56 Å². The summed E-state index contributed by atoms with van der Waals surface area (Å²) in [6.07, 6.45) is 2.01. The molecular formula is C19H25NO5. The lowest BCUT2D eigenvalue weighted by Crippen LogP contribution is -2.48. The minimum absolute atomic E-state index is 0.0752. The van der Waals surface area contributed by atoms with Crippen molar-refractivity contribution < 1.29 is 23.7 Å². The summed E-state index contributed by atoms with van der Waals surface area (Å²) >= 11 is 0. The van der Waals surface area contributed by atoms with Gasteiger partial charge in [-0.15, -0.1) is 6.58 Å². The highest BCUT2D eigenvalue weighted by atomic mass is 16.7. The maximum absolute atomic E-state index is 13.0. The Kier molecular flexibility index (Phi) is 5.73. The van der Waals surface area contributed by atoms with Gasteiger partial charge in [0.15, 0.2) is 23.6 Å². The van der Waals surface area contributed by atoms with Crippen molar-refractivity contribution in [2.24, 2.45) is 0 Å². The number of hydrogen-bond acceptors (Lipinski definition) is 6. The van der Waals surface area contributed by atoms with Gasteiger partial charge >= 0.3 is 0 Å². The summed E-state index contributed by atoms with van der Waals surface area (Å²) in [4.78, 5) is 15.1. The largest absolute Gasteiger partial charge is 0.454 e. The molecule has 6 heteroatoms. The molecular weight excluding hydrogens is 322 g/mol. The van der Waals surface area contributed by atoms with Gasteiger partial charge in [0.1, 0.15) is 0 Å². The van der Waals surface area contributed by atoms with E-state index in [1.807, 2.05) is 19.9 Å². The number of fused-ring (bicyclic) bond motifs is 2. The van der Waals surface area contributed by atoms with Crippen LogP contribution in [-0.4, -0.2) is 49.6 Å². The Hall–Kier alpha value is -1.89. The van der Waals surface area contributed by atoms with E-state index in [9.17, 15) is 4.79 Å². The quantitative estimate of drug-likeness (QED) is 0.532. The standard InChI is InChI=1S/C19H25NO5/c1-4-7-15-19(21)14-9-17-16(24-12-25-17)8-13(14)10-20(15)11-18(22-5-2)23-6-3/h4,8-9,15,18H,1,5-7,10-12H2,2-3H3/t15-/m1/s1. The number of rotatable bonds is 8. The Balaban J connectivity index is 1.87. The first kappa shape index (κ1) is 17.9. The third kappa shape index (κ3) is 3.71. The van der Waals surface area contributed by atoms with Crippen LogP contribution < -0.4 is 9.47 Å². The molecule has 0 bridgehead atoms. The summed E-state index contributed by atoms with van der Waals surface area (Å²) in [6, 6.07) is 3.44. The van der Waals surface area contributed by atoms with Crippen LogP contribution >= 0.6 is 0 Å². The normalized spacial score (nSPS) is 19.3. The van der Waals surface area contributed by atoms with Gasteiger partial charge in [-0.05, 0) is 38.0 Å². The van der Waals surface area contributed by atoms with E-state index in [0.29, 0.717) is 49.8 Å². The minimum Gasteiger partial charge on any atom is -0.454 e. The molecule has 3 rings (SSSR count). The van der Waals surface area contributed by atoms with Crippen LogP contribution in [0.2, 0.25) is 0 Å². The van der Waals surface area contributed by atoms with E-state index in [4.69, 9.17) is 18.9 Å². The second-order valence-corrected chi connectivity index (χ2v) is 6.04. The lowest BCUT2D eigenvalue weighted by molar-refractivity contribution is -0.150. The van der Waals surface area contributed by atoms with Gasteiger partial charge in [0.05, 0.1) is 12.6 Å². The zero-order valence-electron chi connectivity index (χ0n) is 14.8. The fourth-order valence-electron chi connectivity index (χ4n) is 3.34. The van der Waals surface area contributed by atoms with Crippen LogP contribution in [0.25, 0.3) is 0 Å². The van der Waals surface area contributed by atoms with E-state index in [2.05, 4.69) is 11.5 Å². The molecule has 0 saturated heterocycles. The molecule has 0 radical (unpaired) electrons. The SMILES string of the molecule is C=CC[C@@H]1C(=O)c2cc3c(cc2CN1CC(OCC)OCC)OCO3. The van der Waals surface area contributed by atoms with Gasteiger partial charge < -0.3 is 18.9 Å². The van der Waals surface area contributed by atoms with Gasteiger partial charge in [-0.2, -0.15) is 0 Å². The molecule has 0 unspecified atom stereocenters. The van der Waals surface area contributed by atoms with Gasteiger partial charge in [-0.25, -0.2) is 0 Å². The first-order valence-electron chi connectivity index (χ1n) is 8.72. The zero-order valence-corrected chi connectivity index (χ0v) is 14.8. The van der Waals surface area contributed by atoms with E-state index >= 15 is 0 Å². The first-order chi connectivity index (χ1) is 12.2. The number of carbonyl (C=O) groups excluding carboxylic acids is 1. The monoisotopic (exact) mass is 347 g/mol. The number of nitrogens with zero attached hydrogens (tertiary/aromatic N) is 1. The fourth-order valence-corrected chi connectivity index (χ4v) is 3.34. The molecule has 1 aromatic carbocycles.